The van der Waals surface area contributed by atoms with E-state index in [0.29, 0.717) is 22.5 Å². The number of anilines is 2. The summed E-state index contributed by atoms with van der Waals surface area (Å²) in [6.07, 6.45) is 5.65. The fourth-order valence-electron chi connectivity index (χ4n) is 3.66. The Morgan fingerprint density at radius 1 is 1.14 bits per heavy atom. The normalized spacial score (nSPS) is 15.2. The molecule has 3 amide bonds. The number of carbonyl (C=O) groups is 2. The monoisotopic (exact) mass is 392 g/mol. The molecule has 8 nitrogen and oxygen atoms in total. The lowest BCUT2D eigenvalue weighted by Crippen LogP contribution is -2.31. The van der Waals surface area contributed by atoms with Crippen molar-refractivity contribution in [3.8, 4) is 0 Å². The predicted octanol–water partition coefficient (Wildman–Crippen LogP) is 3.97. The average molecular weight is 392 g/mol. The number of hydrogen-bond acceptors (Lipinski definition) is 4. The van der Waals surface area contributed by atoms with E-state index in [2.05, 4.69) is 31.1 Å². The molecule has 1 saturated carbocycles. The van der Waals surface area contributed by atoms with Gasteiger partial charge in [-0.15, -0.1) is 0 Å². The van der Waals surface area contributed by atoms with E-state index in [1.807, 2.05) is 37.3 Å². The van der Waals surface area contributed by atoms with E-state index in [1.54, 1.807) is 12.3 Å². The first kappa shape index (κ1) is 18.9. The molecule has 150 valence electrons. The summed E-state index contributed by atoms with van der Waals surface area (Å²) in [7, 11) is 0. The van der Waals surface area contributed by atoms with Crippen molar-refractivity contribution in [2.75, 3.05) is 10.6 Å². The van der Waals surface area contributed by atoms with E-state index in [1.165, 1.54) is 0 Å². The minimum absolute atomic E-state index is 0.00683. The molecular weight excluding hydrogens is 368 g/mol. The SMILES string of the molecule is C[C@@H](NC(=O)Nc1cc2[nH]nc(NC(=O)C3CCCC3)c2cn1)c1ccccc1. The van der Waals surface area contributed by atoms with Gasteiger partial charge in [-0.1, -0.05) is 43.2 Å². The molecule has 1 fully saturated rings. The van der Waals surface area contributed by atoms with Gasteiger partial charge in [0, 0.05) is 18.2 Å². The van der Waals surface area contributed by atoms with Crippen LogP contribution in [0.25, 0.3) is 10.9 Å². The van der Waals surface area contributed by atoms with Gasteiger partial charge in [0.05, 0.1) is 16.9 Å². The molecule has 29 heavy (non-hydrogen) atoms. The van der Waals surface area contributed by atoms with Gasteiger partial charge < -0.3 is 10.6 Å². The van der Waals surface area contributed by atoms with Crippen LogP contribution in [0.3, 0.4) is 0 Å². The maximum absolute atomic E-state index is 12.3. The Balaban J connectivity index is 1.40. The van der Waals surface area contributed by atoms with Crippen molar-refractivity contribution in [3.05, 3.63) is 48.2 Å². The van der Waals surface area contributed by atoms with Crippen LogP contribution in [0.4, 0.5) is 16.4 Å². The number of carbonyl (C=O) groups excluding carboxylic acids is 2. The molecule has 1 atom stereocenters. The topological polar surface area (TPSA) is 112 Å². The minimum atomic E-state index is -0.345. The van der Waals surface area contributed by atoms with Crippen LogP contribution in [0, 0.1) is 5.92 Å². The molecule has 2 aromatic heterocycles. The van der Waals surface area contributed by atoms with Crippen LogP contribution in [-0.4, -0.2) is 27.1 Å². The van der Waals surface area contributed by atoms with Crippen LogP contribution < -0.4 is 16.0 Å². The second kappa shape index (κ2) is 8.30. The molecule has 0 aliphatic heterocycles. The smallest absolute Gasteiger partial charge is 0.320 e. The molecule has 1 aliphatic rings. The first-order valence-electron chi connectivity index (χ1n) is 9.87. The molecule has 3 aromatic rings. The Morgan fingerprint density at radius 2 is 1.90 bits per heavy atom. The standard InChI is InChI=1S/C21H24N6O2/c1-13(14-7-3-2-4-8-14)23-21(29)24-18-11-17-16(12-22-18)19(27-26-17)25-20(28)15-9-5-6-10-15/h2-4,7-8,11-13,15H,5-6,9-10H2,1H3,(H2,22,23,24,29)(H2,25,26,27,28)/t13-/m1/s1. The molecule has 4 N–H and O–H groups in total. The molecule has 0 unspecified atom stereocenters. The van der Waals surface area contributed by atoms with E-state index < -0.39 is 0 Å². The van der Waals surface area contributed by atoms with Crippen molar-refractivity contribution >= 4 is 34.5 Å². The van der Waals surface area contributed by atoms with E-state index in [0.717, 1.165) is 31.2 Å². The van der Waals surface area contributed by atoms with Crippen molar-refractivity contribution in [1.82, 2.24) is 20.5 Å². The maximum atomic E-state index is 12.3. The number of benzene rings is 1. The third-order valence-electron chi connectivity index (χ3n) is 5.30. The van der Waals surface area contributed by atoms with Crippen molar-refractivity contribution < 1.29 is 9.59 Å². The number of urea groups is 1. The highest BCUT2D eigenvalue weighted by Crippen LogP contribution is 2.27. The summed E-state index contributed by atoms with van der Waals surface area (Å²) in [5, 5.41) is 16.3. The Morgan fingerprint density at radius 3 is 2.66 bits per heavy atom. The van der Waals surface area contributed by atoms with Crippen LogP contribution in [0.15, 0.2) is 42.6 Å². The van der Waals surface area contributed by atoms with Gasteiger partial charge in [0.25, 0.3) is 0 Å². The zero-order chi connectivity index (χ0) is 20.2. The van der Waals surface area contributed by atoms with E-state index >= 15 is 0 Å². The van der Waals surface area contributed by atoms with Gasteiger partial charge in [-0.25, -0.2) is 9.78 Å². The number of aromatic amines is 1. The number of nitrogens with zero attached hydrogens (tertiary/aromatic N) is 2. The number of aromatic nitrogens is 3. The summed E-state index contributed by atoms with van der Waals surface area (Å²) in [4.78, 5) is 28.9. The molecule has 0 bridgehead atoms. The number of H-pyrrole nitrogens is 1. The van der Waals surface area contributed by atoms with Gasteiger partial charge in [-0.2, -0.15) is 5.10 Å². The number of amides is 3. The molecule has 0 spiro atoms. The maximum Gasteiger partial charge on any atom is 0.320 e. The number of fused-ring (bicyclic) bond motifs is 1. The second-order valence-corrected chi connectivity index (χ2v) is 7.39. The lowest BCUT2D eigenvalue weighted by Gasteiger charge is -2.14. The molecule has 4 rings (SSSR count). The predicted molar refractivity (Wildman–Crippen MR) is 111 cm³/mol. The van der Waals surface area contributed by atoms with Gasteiger partial charge in [-0.05, 0) is 25.3 Å². The highest BCUT2D eigenvalue weighted by atomic mass is 16.2. The summed E-state index contributed by atoms with van der Waals surface area (Å²) < 4.78 is 0. The Bertz CT molecular complexity index is 1010. The summed E-state index contributed by atoms with van der Waals surface area (Å²) in [5.41, 5.74) is 1.70. The van der Waals surface area contributed by atoms with Crippen LogP contribution in [0.2, 0.25) is 0 Å². The van der Waals surface area contributed by atoms with Gasteiger partial charge in [0.1, 0.15) is 5.82 Å². The Hall–Kier alpha value is -3.42. The fraction of sp³-hybridized carbons (Fsp3) is 0.333. The van der Waals surface area contributed by atoms with Crippen molar-refractivity contribution in [3.63, 3.8) is 0 Å². The molecule has 0 saturated heterocycles. The van der Waals surface area contributed by atoms with Gasteiger partial charge in [-0.3, -0.25) is 15.2 Å². The lowest BCUT2D eigenvalue weighted by atomic mass is 10.1. The second-order valence-electron chi connectivity index (χ2n) is 7.39. The van der Waals surface area contributed by atoms with Crippen molar-refractivity contribution in [2.45, 2.75) is 38.6 Å². The molecule has 8 heteroatoms. The van der Waals surface area contributed by atoms with Crippen LogP contribution in [0.1, 0.15) is 44.2 Å². The molecule has 1 aliphatic carbocycles. The Labute approximate surface area is 168 Å². The lowest BCUT2D eigenvalue weighted by molar-refractivity contribution is -0.119. The third kappa shape index (κ3) is 4.37. The summed E-state index contributed by atoms with van der Waals surface area (Å²) in [6, 6.07) is 10.9. The van der Waals surface area contributed by atoms with Crippen molar-refractivity contribution in [2.24, 2.45) is 5.92 Å². The van der Waals surface area contributed by atoms with Crippen LogP contribution >= 0.6 is 0 Å². The summed E-state index contributed by atoms with van der Waals surface area (Å²) in [5.74, 6) is 0.934. The molecule has 2 heterocycles. The fourth-order valence-corrected chi connectivity index (χ4v) is 3.66. The molecule has 1 aromatic carbocycles. The highest BCUT2D eigenvalue weighted by molar-refractivity contribution is 6.01. The third-order valence-corrected chi connectivity index (χ3v) is 5.30. The van der Waals surface area contributed by atoms with Gasteiger partial charge >= 0.3 is 6.03 Å². The zero-order valence-corrected chi connectivity index (χ0v) is 16.2. The Kier molecular flexibility index (Phi) is 5.41. The van der Waals surface area contributed by atoms with Gasteiger partial charge in [0.2, 0.25) is 5.91 Å². The highest BCUT2D eigenvalue weighted by Gasteiger charge is 2.24. The molecular formula is C21H24N6O2. The number of hydrogen-bond donors (Lipinski definition) is 4. The summed E-state index contributed by atoms with van der Waals surface area (Å²) in [6.45, 7) is 1.92. The average Bonchev–Trinajstić information content (AvgIpc) is 3.39. The first-order chi connectivity index (χ1) is 14.1. The van der Waals surface area contributed by atoms with Gasteiger partial charge in [0.15, 0.2) is 5.82 Å². The van der Waals surface area contributed by atoms with E-state index in [-0.39, 0.29) is 23.9 Å². The van der Waals surface area contributed by atoms with Crippen LogP contribution in [-0.2, 0) is 4.79 Å². The number of rotatable bonds is 5. The number of nitrogens with one attached hydrogen (secondary N) is 4. The first-order valence-corrected chi connectivity index (χ1v) is 9.87. The van der Waals surface area contributed by atoms with Crippen LogP contribution in [0.5, 0.6) is 0 Å². The van der Waals surface area contributed by atoms with Crippen molar-refractivity contribution in [1.29, 1.82) is 0 Å². The molecule has 0 radical (unpaired) electrons. The minimum Gasteiger partial charge on any atom is -0.331 e. The number of pyridine rings is 1. The largest absolute Gasteiger partial charge is 0.331 e. The van der Waals surface area contributed by atoms with E-state index in [4.69, 9.17) is 0 Å². The van der Waals surface area contributed by atoms with E-state index in [9.17, 15) is 9.59 Å². The summed E-state index contributed by atoms with van der Waals surface area (Å²) >= 11 is 0. The zero-order valence-electron chi connectivity index (χ0n) is 16.2. The quantitative estimate of drug-likeness (QED) is 0.526.